The lowest BCUT2D eigenvalue weighted by Gasteiger charge is -2.29. The molecule has 1 amide bonds. The zero-order chi connectivity index (χ0) is 13.8. The molecule has 1 unspecified atom stereocenters. The Labute approximate surface area is 119 Å². The molecule has 0 aromatic heterocycles. The molecule has 0 radical (unpaired) electrons. The maximum atomic E-state index is 12.6. The normalized spacial score (nSPS) is 18.8. The Balaban J connectivity index is 2.12. The van der Waals surface area contributed by atoms with Gasteiger partial charge in [-0.25, -0.2) is 0 Å². The van der Waals surface area contributed by atoms with Gasteiger partial charge in [-0.3, -0.25) is 4.79 Å². The summed E-state index contributed by atoms with van der Waals surface area (Å²) in [7, 11) is 0. The first-order valence-corrected chi connectivity index (χ1v) is 7.90. The van der Waals surface area contributed by atoms with Crippen LogP contribution >= 0.6 is 11.8 Å². The van der Waals surface area contributed by atoms with Crippen LogP contribution < -0.4 is 5.73 Å². The van der Waals surface area contributed by atoms with E-state index in [2.05, 4.69) is 13.8 Å². The third kappa shape index (κ3) is 3.44. The molecule has 0 spiro atoms. The molecule has 1 aromatic carbocycles. The van der Waals surface area contributed by atoms with E-state index in [0.29, 0.717) is 6.54 Å². The number of carbonyl (C=O) groups is 1. The van der Waals surface area contributed by atoms with Crippen molar-refractivity contribution in [2.24, 2.45) is 0 Å². The lowest BCUT2D eigenvalue weighted by molar-refractivity contribution is -0.132. The summed E-state index contributed by atoms with van der Waals surface area (Å²) in [4.78, 5) is 14.5. The minimum Gasteiger partial charge on any atom is -0.398 e. The summed E-state index contributed by atoms with van der Waals surface area (Å²) in [6.45, 7) is 4.74. The summed E-state index contributed by atoms with van der Waals surface area (Å²) >= 11 is 1.79. The van der Waals surface area contributed by atoms with E-state index in [1.54, 1.807) is 11.8 Å². The van der Waals surface area contributed by atoms with Gasteiger partial charge in [0.05, 0.1) is 5.25 Å². The molecule has 19 heavy (non-hydrogen) atoms. The van der Waals surface area contributed by atoms with Gasteiger partial charge in [0.1, 0.15) is 0 Å². The fourth-order valence-electron chi connectivity index (χ4n) is 2.33. The average molecular weight is 278 g/mol. The van der Waals surface area contributed by atoms with Crippen LogP contribution in [-0.4, -0.2) is 27.9 Å². The van der Waals surface area contributed by atoms with Crippen molar-refractivity contribution in [3.63, 3.8) is 0 Å². The van der Waals surface area contributed by atoms with Gasteiger partial charge in [-0.2, -0.15) is 0 Å². The van der Waals surface area contributed by atoms with Crippen molar-refractivity contribution < 1.29 is 4.79 Å². The zero-order valence-corrected chi connectivity index (χ0v) is 12.5. The number of rotatable bonds is 4. The van der Waals surface area contributed by atoms with Crippen molar-refractivity contribution in [2.45, 2.75) is 44.5 Å². The van der Waals surface area contributed by atoms with Crippen LogP contribution in [0.5, 0.6) is 0 Å². The third-order valence-electron chi connectivity index (χ3n) is 3.51. The van der Waals surface area contributed by atoms with Gasteiger partial charge in [0.15, 0.2) is 0 Å². The number of hydrogen-bond donors (Lipinski definition) is 1. The lowest BCUT2D eigenvalue weighted by atomic mass is 10.1. The van der Waals surface area contributed by atoms with Crippen molar-refractivity contribution in [1.82, 2.24) is 4.90 Å². The van der Waals surface area contributed by atoms with Crippen LogP contribution in [0.1, 0.15) is 32.3 Å². The number of nitrogens with two attached hydrogens (primary N) is 1. The van der Waals surface area contributed by atoms with Gasteiger partial charge in [-0.1, -0.05) is 18.2 Å². The van der Waals surface area contributed by atoms with Crippen LogP contribution in [0.4, 0.5) is 5.69 Å². The lowest BCUT2D eigenvalue weighted by Crippen LogP contribution is -2.41. The number of amides is 1. The number of nitrogen functional groups attached to an aromatic ring is 1. The molecule has 1 fully saturated rings. The van der Waals surface area contributed by atoms with Gasteiger partial charge >= 0.3 is 0 Å². The van der Waals surface area contributed by atoms with Crippen molar-refractivity contribution in [3.8, 4) is 0 Å². The summed E-state index contributed by atoms with van der Waals surface area (Å²) in [5.41, 5.74) is 7.78. The standard InChI is InChI=1S/C15H22N2OS/c1-11(2)17(15(18)14-8-5-9-19-14)10-12-6-3-4-7-13(12)16/h3-4,6-7,11,14H,5,8-10,16H2,1-2H3. The Kier molecular flexibility index (Phi) is 4.75. The first kappa shape index (κ1) is 14.3. The highest BCUT2D eigenvalue weighted by Gasteiger charge is 2.29. The monoisotopic (exact) mass is 278 g/mol. The van der Waals surface area contributed by atoms with Gasteiger partial charge in [0.25, 0.3) is 0 Å². The fraction of sp³-hybridized carbons (Fsp3) is 0.533. The van der Waals surface area contributed by atoms with E-state index in [4.69, 9.17) is 5.73 Å². The van der Waals surface area contributed by atoms with E-state index >= 15 is 0 Å². The first-order chi connectivity index (χ1) is 9.09. The molecule has 4 heteroatoms. The van der Waals surface area contributed by atoms with Crippen molar-refractivity contribution in [3.05, 3.63) is 29.8 Å². The molecular weight excluding hydrogens is 256 g/mol. The van der Waals surface area contributed by atoms with Gasteiger partial charge in [0, 0.05) is 18.3 Å². The van der Waals surface area contributed by atoms with E-state index in [1.807, 2.05) is 29.2 Å². The smallest absolute Gasteiger partial charge is 0.236 e. The van der Waals surface area contributed by atoms with Gasteiger partial charge in [-0.05, 0) is 44.1 Å². The fourth-order valence-corrected chi connectivity index (χ4v) is 3.56. The van der Waals surface area contributed by atoms with Crippen molar-refractivity contribution in [1.29, 1.82) is 0 Å². The van der Waals surface area contributed by atoms with Crippen molar-refractivity contribution >= 4 is 23.4 Å². The second-order valence-electron chi connectivity index (χ2n) is 5.26. The Morgan fingerprint density at radius 2 is 2.21 bits per heavy atom. The molecule has 2 N–H and O–H groups in total. The Morgan fingerprint density at radius 1 is 1.47 bits per heavy atom. The summed E-state index contributed by atoms with van der Waals surface area (Å²) in [6.07, 6.45) is 2.16. The van der Waals surface area contributed by atoms with E-state index < -0.39 is 0 Å². The van der Waals surface area contributed by atoms with Crippen LogP contribution in [0.25, 0.3) is 0 Å². The van der Waals surface area contributed by atoms with Crippen LogP contribution in [0.3, 0.4) is 0 Å². The highest BCUT2D eigenvalue weighted by molar-refractivity contribution is 8.00. The number of nitrogens with zero attached hydrogens (tertiary/aromatic N) is 1. The summed E-state index contributed by atoms with van der Waals surface area (Å²) < 4.78 is 0. The number of benzene rings is 1. The maximum Gasteiger partial charge on any atom is 0.236 e. The molecule has 0 aliphatic carbocycles. The summed E-state index contributed by atoms with van der Waals surface area (Å²) in [6, 6.07) is 7.99. The minimum absolute atomic E-state index is 0.146. The number of thioether (sulfide) groups is 1. The van der Waals surface area contributed by atoms with Crippen molar-refractivity contribution in [2.75, 3.05) is 11.5 Å². The maximum absolute atomic E-state index is 12.6. The zero-order valence-electron chi connectivity index (χ0n) is 11.6. The molecule has 104 valence electrons. The van der Waals surface area contributed by atoms with Gasteiger partial charge in [0.2, 0.25) is 5.91 Å². The molecule has 1 aromatic rings. The van der Waals surface area contributed by atoms with Gasteiger partial charge < -0.3 is 10.6 Å². The number of para-hydroxylation sites is 1. The Bertz CT molecular complexity index is 442. The van der Waals surface area contributed by atoms with Crippen LogP contribution in [-0.2, 0) is 11.3 Å². The molecule has 1 heterocycles. The highest BCUT2D eigenvalue weighted by atomic mass is 32.2. The molecule has 1 aliphatic rings. The predicted molar refractivity (Wildman–Crippen MR) is 82.0 cm³/mol. The SMILES string of the molecule is CC(C)N(Cc1ccccc1N)C(=O)C1CCCS1. The molecule has 1 atom stereocenters. The van der Waals surface area contributed by atoms with Crippen LogP contribution in [0.2, 0.25) is 0 Å². The van der Waals surface area contributed by atoms with E-state index in [0.717, 1.165) is 29.8 Å². The molecule has 2 rings (SSSR count). The molecule has 0 bridgehead atoms. The minimum atomic E-state index is 0.146. The van der Waals surface area contributed by atoms with E-state index in [-0.39, 0.29) is 17.2 Å². The number of carbonyl (C=O) groups excluding carboxylic acids is 1. The van der Waals surface area contributed by atoms with Gasteiger partial charge in [-0.15, -0.1) is 11.8 Å². The largest absolute Gasteiger partial charge is 0.398 e. The summed E-state index contributed by atoms with van der Waals surface area (Å²) in [5.74, 6) is 1.37. The third-order valence-corrected chi connectivity index (χ3v) is 4.87. The number of hydrogen-bond acceptors (Lipinski definition) is 3. The molecule has 1 saturated heterocycles. The van der Waals surface area contributed by atoms with Crippen LogP contribution in [0, 0.1) is 0 Å². The molecule has 1 aliphatic heterocycles. The molecule has 3 nitrogen and oxygen atoms in total. The summed E-state index contributed by atoms with van der Waals surface area (Å²) in [5, 5.41) is 0.146. The molecular formula is C15H22N2OS. The second kappa shape index (κ2) is 6.33. The topological polar surface area (TPSA) is 46.3 Å². The average Bonchev–Trinajstić information content (AvgIpc) is 2.90. The van der Waals surface area contributed by atoms with E-state index in [9.17, 15) is 4.79 Å². The quantitative estimate of drug-likeness (QED) is 0.861. The highest BCUT2D eigenvalue weighted by Crippen LogP contribution is 2.29. The van der Waals surface area contributed by atoms with E-state index in [1.165, 1.54) is 0 Å². The predicted octanol–water partition coefficient (Wildman–Crippen LogP) is 2.90. The number of anilines is 1. The van der Waals surface area contributed by atoms with Crippen LogP contribution in [0.15, 0.2) is 24.3 Å². The Hall–Kier alpha value is -1.16. The molecule has 0 saturated carbocycles. The first-order valence-electron chi connectivity index (χ1n) is 6.85. The Morgan fingerprint density at radius 3 is 2.79 bits per heavy atom. The second-order valence-corrected chi connectivity index (χ2v) is 6.57.